The first-order valence-electron chi connectivity index (χ1n) is 3.56. The summed E-state index contributed by atoms with van der Waals surface area (Å²) >= 11 is 37.7. The Labute approximate surface area is 126 Å². The monoisotopic (exact) mass is 388 g/mol. The predicted octanol–water partition coefficient (Wildman–Crippen LogP) is 6.10. The summed E-state index contributed by atoms with van der Waals surface area (Å²) in [4.78, 5) is 0. The normalized spacial score (nSPS) is 13.0. The summed E-state index contributed by atoms with van der Waals surface area (Å²) in [6.07, 6.45) is 0. The average molecular weight is 392 g/mol. The molecule has 0 saturated carbocycles. The van der Waals surface area contributed by atoms with Crippen molar-refractivity contribution in [2.45, 2.75) is 7.59 Å². The molecule has 0 aliphatic heterocycles. The third kappa shape index (κ3) is 3.99. The number of halogens is 7. The van der Waals surface area contributed by atoms with Gasteiger partial charge in [-0.05, 0) is 12.1 Å². The maximum absolute atomic E-state index is 5.76. The van der Waals surface area contributed by atoms with Crippen LogP contribution in [0.5, 0.6) is 0 Å². The van der Waals surface area contributed by atoms with Gasteiger partial charge in [0, 0.05) is 15.6 Å². The van der Waals surface area contributed by atoms with Crippen LogP contribution >= 0.6 is 85.5 Å². The molecule has 0 bridgehead atoms. The van der Waals surface area contributed by atoms with Crippen LogP contribution in [-0.4, -0.2) is 0 Å². The van der Waals surface area contributed by atoms with Crippen molar-refractivity contribution in [3.8, 4) is 0 Å². The molecule has 0 N–H and O–H groups in total. The van der Waals surface area contributed by atoms with Crippen molar-refractivity contribution in [3.05, 3.63) is 33.8 Å². The summed E-state index contributed by atoms with van der Waals surface area (Å²) in [6.45, 7) is 0. The molecule has 0 aromatic heterocycles. The van der Waals surface area contributed by atoms with Gasteiger partial charge in [0.25, 0.3) is 0 Å². The van der Waals surface area contributed by atoms with E-state index in [9.17, 15) is 0 Å². The van der Waals surface area contributed by atoms with Crippen LogP contribution in [0, 0.1) is 0 Å². The summed E-state index contributed by atoms with van der Waals surface area (Å²) in [5, 5.41) is 0. The molecule has 0 heterocycles. The van der Waals surface area contributed by atoms with Crippen LogP contribution in [-0.2, 0) is 7.59 Å². The van der Waals surface area contributed by atoms with Gasteiger partial charge in [0.15, 0.2) is 0 Å². The molecular weight excluding hydrogens is 389 g/mol. The number of alkyl halides is 6. The van der Waals surface area contributed by atoms with Crippen LogP contribution in [0.4, 0.5) is 0 Å². The van der Waals surface area contributed by atoms with Gasteiger partial charge < -0.3 is 0 Å². The van der Waals surface area contributed by atoms with Gasteiger partial charge in [-0.2, -0.15) is 0 Å². The van der Waals surface area contributed by atoms with E-state index in [2.05, 4.69) is 15.9 Å². The molecule has 0 atom stereocenters. The zero-order valence-corrected chi connectivity index (χ0v) is 13.0. The van der Waals surface area contributed by atoms with Crippen molar-refractivity contribution in [3.63, 3.8) is 0 Å². The molecule has 0 spiro atoms. The Balaban J connectivity index is 3.30. The fourth-order valence-corrected chi connectivity index (χ4v) is 2.63. The molecule has 1 aromatic rings. The van der Waals surface area contributed by atoms with Gasteiger partial charge in [0.2, 0.25) is 7.59 Å². The minimum atomic E-state index is -1.56. The van der Waals surface area contributed by atoms with Crippen LogP contribution in [0.25, 0.3) is 0 Å². The first-order chi connectivity index (χ1) is 6.62. The highest BCUT2D eigenvalue weighted by atomic mass is 79.9. The molecule has 0 aliphatic carbocycles. The minimum Gasteiger partial charge on any atom is -0.0784 e. The summed E-state index contributed by atoms with van der Waals surface area (Å²) < 4.78 is -2.46. The lowest BCUT2D eigenvalue weighted by Gasteiger charge is -2.17. The first kappa shape index (κ1) is 14.5. The van der Waals surface area contributed by atoms with Crippen molar-refractivity contribution in [2.75, 3.05) is 0 Å². The van der Waals surface area contributed by atoms with Crippen molar-refractivity contribution in [1.29, 1.82) is 0 Å². The highest BCUT2D eigenvalue weighted by Crippen LogP contribution is 2.45. The molecule has 0 fully saturated rings. The van der Waals surface area contributed by atoms with Crippen LogP contribution in [0.2, 0.25) is 0 Å². The Morgan fingerprint density at radius 1 is 0.867 bits per heavy atom. The van der Waals surface area contributed by atoms with Gasteiger partial charge in [0.1, 0.15) is 0 Å². The van der Waals surface area contributed by atoms with Gasteiger partial charge >= 0.3 is 0 Å². The molecule has 0 nitrogen and oxygen atoms in total. The van der Waals surface area contributed by atoms with E-state index in [1.165, 1.54) is 6.07 Å². The maximum Gasteiger partial charge on any atom is 0.217 e. The van der Waals surface area contributed by atoms with E-state index >= 15 is 0 Å². The number of benzene rings is 1. The third-order valence-electron chi connectivity index (χ3n) is 1.60. The summed E-state index contributed by atoms with van der Waals surface area (Å²) in [7, 11) is 0. The second-order valence-electron chi connectivity index (χ2n) is 2.69. The molecule has 1 aromatic carbocycles. The second kappa shape index (κ2) is 4.97. The van der Waals surface area contributed by atoms with E-state index in [0.29, 0.717) is 15.6 Å². The lowest BCUT2D eigenvalue weighted by molar-refractivity contribution is 1.16. The van der Waals surface area contributed by atoms with E-state index in [1.807, 2.05) is 0 Å². The van der Waals surface area contributed by atoms with E-state index < -0.39 is 7.59 Å². The molecular formula is C8H3BrCl6. The van der Waals surface area contributed by atoms with Crippen LogP contribution in [0.1, 0.15) is 11.1 Å². The topological polar surface area (TPSA) is 0 Å². The number of hydrogen-bond donors (Lipinski definition) is 0. The SMILES string of the molecule is ClC(Cl)(Cl)c1ccc(Br)c(C(Cl)(Cl)Cl)c1. The molecule has 15 heavy (non-hydrogen) atoms. The average Bonchev–Trinajstić information content (AvgIpc) is 2.00. The highest BCUT2D eigenvalue weighted by molar-refractivity contribution is 9.10. The Kier molecular flexibility index (Phi) is 4.81. The molecule has 0 unspecified atom stereocenters. The van der Waals surface area contributed by atoms with Crippen LogP contribution in [0.15, 0.2) is 22.7 Å². The molecule has 0 aliphatic rings. The van der Waals surface area contributed by atoms with Crippen molar-refractivity contribution in [1.82, 2.24) is 0 Å². The molecule has 0 amide bonds. The van der Waals surface area contributed by atoms with Crippen LogP contribution in [0.3, 0.4) is 0 Å². The minimum absolute atomic E-state index is 0.427. The quantitative estimate of drug-likeness (QED) is 0.469. The van der Waals surface area contributed by atoms with Gasteiger partial charge in [0.05, 0.1) is 0 Å². The third-order valence-corrected chi connectivity index (χ3v) is 3.56. The van der Waals surface area contributed by atoms with E-state index in [0.717, 1.165) is 0 Å². The van der Waals surface area contributed by atoms with Gasteiger partial charge in [-0.3, -0.25) is 0 Å². The zero-order chi connectivity index (χ0) is 11.9. The molecule has 7 heteroatoms. The largest absolute Gasteiger partial charge is 0.217 e. The highest BCUT2D eigenvalue weighted by Gasteiger charge is 2.30. The maximum atomic E-state index is 5.76. The Morgan fingerprint density at radius 3 is 1.80 bits per heavy atom. The lowest BCUT2D eigenvalue weighted by Crippen LogP contribution is -2.06. The molecule has 0 saturated heterocycles. The fraction of sp³-hybridized carbons (Fsp3) is 0.250. The van der Waals surface area contributed by atoms with Crippen LogP contribution < -0.4 is 0 Å². The standard InChI is InChI=1S/C8H3BrCl6/c9-6-2-1-4(7(10,11)12)3-5(6)8(13,14)15/h1-3H. The second-order valence-corrected chi connectivity index (χ2v) is 8.11. The van der Waals surface area contributed by atoms with E-state index in [-0.39, 0.29) is 0 Å². The Bertz CT molecular complexity index is 364. The van der Waals surface area contributed by atoms with Gasteiger partial charge in [-0.1, -0.05) is 91.6 Å². The summed E-state index contributed by atoms with van der Waals surface area (Å²) in [5.41, 5.74) is 0.869. The van der Waals surface area contributed by atoms with E-state index in [1.54, 1.807) is 12.1 Å². The summed E-state index contributed by atoms with van der Waals surface area (Å²) in [5.74, 6) is 0. The lowest BCUT2D eigenvalue weighted by atomic mass is 10.1. The first-order valence-corrected chi connectivity index (χ1v) is 6.62. The Hall–Kier alpha value is 1.44. The molecule has 84 valence electrons. The zero-order valence-electron chi connectivity index (χ0n) is 6.88. The fourth-order valence-electron chi connectivity index (χ4n) is 0.919. The molecule has 0 radical (unpaired) electrons. The van der Waals surface area contributed by atoms with Crippen molar-refractivity contribution >= 4 is 85.5 Å². The number of hydrogen-bond acceptors (Lipinski definition) is 0. The van der Waals surface area contributed by atoms with Crippen molar-refractivity contribution < 1.29 is 0 Å². The van der Waals surface area contributed by atoms with E-state index in [4.69, 9.17) is 69.6 Å². The number of rotatable bonds is 0. The smallest absolute Gasteiger partial charge is 0.0784 e. The van der Waals surface area contributed by atoms with Gasteiger partial charge in [-0.15, -0.1) is 0 Å². The van der Waals surface area contributed by atoms with Crippen molar-refractivity contribution in [2.24, 2.45) is 0 Å². The molecule has 1 rings (SSSR count). The predicted molar refractivity (Wildman–Crippen MR) is 72.6 cm³/mol. The van der Waals surface area contributed by atoms with Gasteiger partial charge in [-0.25, -0.2) is 0 Å². The summed E-state index contributed by atoms with van der Waals surface area (Å²) in [6, 6.07) is 4.83. The Morgan fingerprint density at radius 2 is 1.40 bits per heavy atom.